The quantitative estimate of drug-likeness (QED) is 0.382. The van der Waals surface area contributed by atoms with Crippen molar-refractivity contribution in [2.75, 3.05) is 6.61 Å². The van der Waals surface area contributed by atoms with Crippen LogP contribution in [0.3, 0.4) is 0 Å². The molecule has 0 aliphatic carbocycles. The number of aliphatic carboxylic acids is 1. The number of rotatable bonds is 8. The maximum Gasteiger partial charge on any atom is 0.416 e. The Hall–Kier alpha value is -3.13. The number of carboxylic acids is 1. The molecule has 1 heterocycles. The number of hydrogen-bond donors (Lipinski definition) is 1. The maximum absolute atomic E-state index is 12.8. The van der Waals surface area contributed by atoms with Crippen LogP contribution in [0.2, 0.25) is 0 Å². The van der Waals surface area contributed by atoms with E-state index in [1.54, 1.807) is 6.07 Å². The molecule has 3 rings (SSSR count). The third kappa shape index (κ3) is 6.44. The Balaban J connectivity index is 1.76. The standard InChI is InChI=1S/C25H24F3NO3S/c1-15(2)23-21(33-24(29-23)18-8-10-19(11-9-18)25(26,27)28)6-4-5-17-7-12-20(16(3)13-17)32-14-22(30)31/h4-5,7-13,15H,6,14H2,1-3H3,(H,30,31)/b5-4+. The first-order valence-corrected chi connectivity index (χ1v) is 11.1. The van der Waals surface area contributed by atoms with Crippen molar-refractivity contribution in [3.05, 3.63) is 75.8 Å². The van der Waals surface area contributed by atoms with E-state index < -0.39 is 17.7 Å². The van der Waals surface area contributed by atoms with Crippen molar-refractivity contribution in [3.63, 3.8) is 0 Å². The maximum atomic E-state index is 12.8. The molecule has 0 aliphatic heterocycles. The van der Waals surface area contributed by atoms with Gasteiger partial charge in [-0.25, -0.2) is 9.78 Å². The molecule has 174 valence electrons. The number of hydrogen-bond acceptors (Lipinski definition) is 4. The van der Waals surface area contributed by atoms with Gasteiger partial charge in [0.2, 0.25) is 0 Å². The number of thiazole rings is 1. The summed E-state index contributed by atoms with van der Waals surface area (Å²) in [7, 11) is 0. The average molecular weight is 476 g/mol. The highest BCUT2D eigenvalue weighted by molar-refractivity contribution is 7.15. The molecule has 0 unspecified atom stereocenters. The highest BCUT2D eigenvalue weighted by Gasteiger charge is 2.30. The minimum atomic E-state index is -4.36. The molecule has 0 saturated carbocycles. The van der Waals surface area contributed by atoms with Gasteiger partial charge >= 0.3 is 12.1 Å². The molecule has 4 nitrogen and oxygen atoms in total. The largest absolute Gasteiger partial charge is 0.482 e. The summed E-state index contributed by atoms with van der Waals surface area (Å²) in [4.78, 5) is 16.4. The highest BCUT2D eigenvalue weighted by atomic mass is 32.1. The molecule has 0 radical (unpaired) electrons. The summed E-state index contributed by atoms with van der Waals surface area (Å²) in [5.41, 5.74) is 2.72. The Morgan fingerprint density at radius 2 is 1.88 bits per heavy atom. The molecule has 0 bridgehead atoms. The molecule has 0 spiro atoms. The average Bonchev–Trinajstić information content (AvgIpc) is 3.17. The number of allylic oxidation sites excluding steroid dienone is 1. The summed E-state index contributed by atoms with van der Waals surface area (Å²) in [6.45, 7) is 5.54. The monoisotopic (exact) mass is 475 g/mol. The van der Waals surface area contributed by atoms with Crippen molar-refractivity contribution in [3.8, 4) is 16.3 Å². The lowest BCUT2D eigenvalue weighted by molar-refractivity contribution is -0.139. The van der Waals surface area contributed by atoms with Crippen molar-refractivity contribution in [1.82, 2.24) is 4.98 Å². The fourth-order valence-electron chi connectivity index (χ4n) is 3.27. The van der Waals surface area contributed by atoms with Gasteiger partial charge < -0.3 is 9.84 Å². The van der Waals surface area contributed by atoms with Crippen molar-refractivity contribution in [2.24, 2.45) is 0 Å². The van der Waals surface area contributed by atoms with Crippen molar-refractivity contribution >= 4 is 23.4 Å². The molecule has 0 saturated heterocycles. The molecule has 2 aromatic carbocycles. The highest BCUT2D eigenvalue weighted by Crippen LogP contribution is 2.35. The number of nitrogens with zero attached hydrogens (tertiary/aromatic N) is 1. The number of carbonyl (C=O) groups is 1. The molecule has 0 atom stereocenters. The van der Waals surface area contributed by atoms with Gasteiger partial charge in [-0.3, -0.25) is 0 Å². The third-order valence-corrected chi connectivity index (χ3v) is 6.04. The molecule has 0 aliphatic rings. The van der Waals surface area contributed by atoms with Gasteiger partial charge in [0.1, 0.15) is 10.8 Å². The molecule has 0 fully saturated rings. The molecule has 1 aromatic heterocycles. The van der Waals surface area contributed by atoms with Gasteiger partial charge in [-0.15, -0.1) is 11.3 Å². The van der Waals surface area contributed by atoms with Crippen LogP contribution in [-0.4, -0.2) is 22.7 Å². The first-order valence-electron chi connectivity index (χ1n) is 10.3. The van der Waals surface area contributed by atoms with E-state index in [4.69, 9.17) is 14.8 Å². The third-order valence-electron chi connectivity index (χ3n) is 4.90. The molecular formula is C25H24F3NO3S. The lowest BCUT2D eigenvalue weighted by Gasteiger charge is -2.07. The molecule has 1 N–H and O–H groups in total. The van der Waals surface area contributed by atoms with Gasteiger partial charge in [0, 0.05) is 16.9 Å². The number of ether oxygens (including phenoxy) is 1. The first-order chi connectivity index (χ1) is 15.5. The zero-order valence-electron chi connectivity index (χ0n) is 18.4. The van der Waals surface area contributed by atoms with E-state index in [0.29, 0.717) is 22.7 Å². The fraction of sp³-hybridized carbons (Fsp3) is 0.280. The van der Waals surface area contributed by atoms with Gasteiger partial charge in [0.05, 0.1) is 11.3 Å². The zero-order valence-corrected chi connectivity index (χ0v) is 19.3. The minimum absolute atomic E-state index is 0.181. The van der Waals surface area contributed by atoms with E-state index >= 15 is 0 Å². The number of halogens is 3. The Kier molecular flexibility index (Phi) is 7.58. The van der Waals surface area contributed by atoms with Crippen LogP contribution in [0.5, 0.6) is 5.75 Å². The smallest absolute Gasteiger partial charge is 0.416 e. The lowest BCUT2D eigenvalue weighted by atomic mass is 10.1. The van der Waals surface area contributed by atoms with Crippen LogP contribution in [0.25, 0.3) is 16.6 Å². The Labute approximate surface area is 194 Å². The Bertz CT molecular complexity index is 1150. The topological polar surface area (TPSA) is 59.4 Å². The predicted molar refractivity (Wildman–Crippen MR) is 124 cm³/mol. The number of benzene rings is 2. The van der Waals surface area contributed by atoms with E-state index in [2.05, 4.69) is 0 Å². The Morgan fingerprint density at radius 1 is 1.18 bits per heavy atom. The Morgan fingerprint density at radius 3 is 2.45 bits per heavy atom. The summed E-state index contributed by atoms with van der Waals surface area (Å²) >= 11 is 1.49. The van der Waals surface area contributed by atoms with E-state index in [0.717, 1.165) is 33.8 Å². The van der Waals surface area contributed by atoms with Crippen LogP contribution in [0.1, 0.15) is 47.0 Å². The van der Waals surface area contributed by atoms with Crippen LogP contribution in [0, 0.1) is 6.92 Å². The lowest BCUT2D eigenvalue weighted by Crippen LogP contribution is -2.10. The number of alkyl halides is 3. The van der Waals surface area contributed by atoms with Crippen LogP contribution < -0.4 is 4.74 Å². The number of aryl methyl sites for hydroxylation is 1. The van der Waals surface area contributed by atoms with E-state index in [9.17, 15) is 18.0 Å². The summed E-state index contributed by atoms with van der Waals surface area (Å²) in [6.07, 6.45) is 0.263. The summed E-state index contributed by atoms with van der Waals surface area (Å²) in [5.74, 6) is -0.319. The first kappa shape index (κ1) is 24.5. The second kappa shape index (κ2) is 10.2. The van der Waals surface area contributed by atoms with Crippen molar-refractivity contribution in [1.29, 1.82) is 0 Å². The molecule has 0 amide bonds. The number of aromatic nitrogens is 1. The molecule has 8 heteroatoms. The SMILES string of the molecule is Cc1cc(/C=C/Cc2sc(-c3ccc(C(F)(F)F)cc3)nc2C(C)C)ccc1OCC(=O)O. The van der Waals surface area contributed by atoms with Gasteiger partial charge in [-0.05, 0) is 48.2 Å². The predicted octanol–water partition coefficient (Wildman–Crippen LogP) is 6.98. The van der Waals surface area contributed by atoms with Crippen LogP contribution in [0.15, 0.2) is 48.5 Å². The summed E-state index contributed by atoms with van der Waals surface area (Å²) < 4.78 is 43.8. The minimum Gasteiger partial charge on any atom is -0.482 e. The van der Waals surface area contributed by atoms with E-state index in [1.165, 1.54) is 23.5 Å². The molecular weight excluding hydrogens is 451 g/mol. The molecule has 3 aromatic rings. The zero-order chi connectivity index (χ0) is 24.2. The fourth-order valence-corrected chi connectivity index (χ4v) is 4.46. The van der Waals surface area contributed by atoms with Crippen molar-refractivity contribution < 1.29 is 27.8 Å². The van der Waals surface area contributed by atoms with E-state index in [1.807, 2.05) is 45.1 Å². The van der Waals surface area contributed by atoms with Crippen LogP contribution >= 0.6 is 11.3 Å². The van der Waals surface area contributed by atoms with Gasteiger partial charge in [0.25, 0.3) is 0 Å². The molecule has 33 heavy (non-hydrogen) atoms. The second-order valence-electron chi connectivity index (χ2n) is 7.87. The van der Waals surface area contributed by atoms with E-state index in [-0.39, 0.29) is 12.5 Å². The van der Waals surface area contributed by atoms with Crippen LogP contribution in [-0.2, 0) is 17.4 Å². The normalized spacial score (nSPS) is 12.0. The summed E-state index contributed by atoms with van der Waals surface area (Å²) in [5, 5.41) is 9.44. The van der Waals surface area contributed by atoms with Crippen LogP contribution in [0.4, 0.5) is 13.2 Å². The van der Waals surface area contributed by atoms with Gasteiger partial charge in [-0.2, -0.15) is 13.2 Å². The second-order valence-corrected chi connectivity index (χ2v) is 8.95. The number of carboxylic acid groups (broad SMARTS) is 1. The van der Waals surface area contributed by atoms with Crippen molar-refractivity contribution in [2.45, 2.75) is 39.3 Å². The summed E-state index contributed by atoms with van der Waals surface area (Å²) in [6, 6.07) is 10.6. The van der Waals surface area contributed by atoms with Gasteiger partial charge in [-0.1, -0.05) is 44.2 Å². The van der Waals surface area contributed by atoms with Gasteiger partial charge in [0.15, 0.2) is 6.61 Å².